The average molecular weight is 428 g/mol. The second-order valence-electron chi connectivity index (χ2n) is 5.63. The van der Waals surface area contributed by atoms with Gasteiger partial charge in [0.1, 0.15) is 5.69 Å². The number of aliphatic carboxylic acids is 1. The Labute approximate surface area is 162 Å². The first-order valence-electron chi connectivity index (χ1n) is 7.88. The van der Waals surface area contributed by atoms with Crippen LogP contribution in [0.15, 0.2) is 76.4 Å². The number of anilines is 1. The van der Waals surface area contributed by atoms with E-state index in [9.17, 15) is 19.5 Å². The standard InChI is InChI=1S/C19H14BrN3O4/c20-14-8-6-12(7-9-14)16(19(26)27)23-11-21-10-15(18(23)25)22-17(24)13-4-2-1-3-5-13/h1-11,16H,(H,22,24)(H,26,27). The molecule has 1 atom stereocenters. The number of carboxylic acid groups (broad SMARTS) is 1. The molecule has 0 saturated heterocycles. The third kappa shape index (κ3) is 4.12. The average Bonchev–Trinajstić information content (AvgIpc) is 2.67. The van der Waals surface area contributed by atoms with E-state index in [1.165, 1.54) is 6.20 Å². The van der Waals surface area contributed by atoms with E-state index in [0.29, 0.717) is 11.1 Å². The van der Waals surface area contributed by atoms with Crippen molar-refractivity contribution in [1.29, 1.82) is 0 Å². The van der Waals surface area contributed by atoms with E-state index < -0.39 is 23.5 Å². The second-order valence-corrected chi connectivity index (χ2v) is 6.55. The van der Waals surface area contributed by atoms with Crippen LogP contribution in [-0.4, -0.2) is 26.5 Å². The maximum absolute atomic E-state index is 12.8. The summed E-state index contributed by atoms with van der Waals surface area (Å²) in [5.41, 5.74) is 0.00967. The molecule has 0 spiro atoms. The number of carbonyl (C=O) groups excluding carboxylic acids is 1. The molecule has 8 heteroatoms. The monoisotopic (exact) mass is 427 g/mol. The number of halogens is 1. The summed E-state index contributed by atoms with van der Waals surface area (Å²) in [6.45, 7) is 0. The number of hydrogen-bond donors (Lipinski definition) is 2. The molecule has 0 aliphatic rings. The molecule has 2 aromatic carbocycles. The van der Waals surface area contributed by atoms with Crippen molar-refractivity contribution in [3.63, 3.8) is 0 Å². The molecule has 0 aliphatic heterocycles. The second kappa shape index (κ2) is 7.96. The van der Waals surface area contributed by atoms with Gasteiger partial charge >= 0.3 is 5.97 Å². The van der Waals surface area contributed by atoms with E-state index in [1.807, 2.05) is 0 Å². The number of nitrogens with zero attached hydrogens (tertiary/aromatic N) is 2. The van der Waals surface area contributed by atoms with E-state index in [1.54, 1.807) is 54.6 Å². The van der Waals surface area contributed by atoms with Crippen molar-refractivity contribution >= 4 is 33.5 Å². The number of carbonyl (C=O) groups is 2. The van der Waals surface area contributed by atoms with E-state index in [4.69, 9.17) is 0 Å². The van der Waals surface area contributed by atoms with Crippen molar-refractivity contribution < 1.29 is 14.7 Å². The van der Waals surface area contributed by atoms with Gasteiger partial charge in [-0.3, -0.25) is 14.2 Å². The fraction of sp³-hybridized carbons (Fsp3) is 0.0526. The molecule has 0 radical (unpaired) electrons. The van der Waals surface area contributed by atoms with E-state index in [-0.39, 0.29) is 5.69 Å². The third-order valence-corrected chi connectivity index (χ3v) is 4.37. The van der Waals surface area contributed by atoms with Crippen molar-refractivity contribution in [1.82, 2.24) is 9.55 Å². The molecule has 1 amide bonds. The van der Waals surface area contributed by atoms with Crippen molar-refractivity contribution in [2.75, 3.05) is 5.32 Å². The number of carboxylic acids is 1. The van der Waals surface area contributed by atoms with Gasteiger partial charge in [0, 0.05) is 10.0 Å². The van der Waals surface area contributed by atoms with Crippen molar-refractivity contribution in [2.24, 2.45) is 0 Å². The van der Waals surface area contributed by atoms with Crippen molar-refractivity contribution in [3.05, 3.63) is 93.1 Å². The van der Waals surface area contributed by atoms with Gasteiger partial charge in [-0.25, -0.2) is 9.78 Å². The minimum absolute atomic E-state index is 0.102. The summed E-state index contributed by atoms with van der Waals surface area (Å²) >= 11 is 3.29. The van der Waals surface area contributed by atoms with Gasteiger partial charge in [0.05, 0.1) is 12.5 Å². The van der Waals surface area contributed by atoms with Gasteiger partial charge in [-0.15, -0.1) is 0 Å². The van der Waals surface area contributed by atoms with Crippen LogP contribution in [0.5, 0.6) is 0 Å². The Kier molecular flexibility index (Phi) is 5.46. The smallest absolute Gasteiger partial charge is 0.331 e. The number of amides is 1. The largest absolute Gasteiger partial charge is 0.479 e. The Morgan fingerprint density at radius 3 is 2.37 bits per heavy atom. The minimum atomic E-state index is -1.27. The zero-order valence-electron chi connectivity index (χ0n) is 13.9. The normalized spacial score (nSPS) is 11.6. The Morgan fingerprint density at radius 1 is 1.07 bits per heavy atom. The molecule has 7 nitrogen and oxygen atoms in total. The SMILES string of the molecule is O=C(Nc1cncn(C(C(=O)O)c2ccc(Br)cc2)c1=O)c1ccccc1. The summed E-state index contributed by atoms with van der Waals surface area (Å²) in [5, 5.41) is 12.1. The summed E-state index contributed by atoms with van der Waals surface area (Å²) in [7, 11) is 0. The molecule has 0 aliphatic carbocycles. The summed E-state index contributed by atoms with van der Waals surface area (Å²) < 4.78 is 1.76. The highest BCUT2D eigenvalue weighted by atomic mass is 79.9. The molecular weight excluding hydrogens is 414 g/mol. The first-order chi connectivity index (χ1) is 13.0. The molecule has 0 fully saturated rings. The molecule has 136 valence electrons. The van der Waals surface area contributed by atoms with Gasteiger partial charge in [-0.05, 0) is 29.8 Å². The molecule has 2 N–H and O–H groups in total. The Hall–Kier alpha value is -3.26. The van der Waals surface area contributed by atoms with Crippen LogP contribution in [0.25, 0.3) is 0 Å². The van der Waals surface area contributed by atoms with Crippen LogP contribution in [0, 0.1) is 0 Å². The van der Waals surface area contributed by atoms with Crippen LogP contribution in [0.2, 0.25) is 0 Å². The fourth-order valence-corrected chi connectivity index (χ4v) is 2.81. The first-order valence-corrected chi connectivity index (χ1v) is 8.67. The van der Waals surface area contributed by atoms with Crippen molar-refractivity contribution in [2.45, 2.75) is 6.04 Å². The lowest BCUT2D eigenvalue weighted by atomic mass is 10.1. The predicted molar refractivity (Wildman–Crippen MR) is 103 cm³/mol. The Morgan fingerprint density at radius 2 is 1.74 bits per heavy atom. The summed E-state index contributed by atoms with van der Waals surface area (Å²) in [4.78, 5) is 40.8. The molecule has 1 aromatic heterocycles. The molecule has 1 unspecified atom stereocenters. The number of hydrogen-bond acceptors (Lipinski definition) is 4. The van der Waals surface area contributed by atoms with Gasteiger partial charge in [0.2, 0.25) is 0 Å². The van der Waals surface area contributed by atoms with Crippen LogP contribution in [-0.2, 0) is 4.79 Å². The lowest BCUT2D eigenvalue weighted by Gasteiger charge is -2.16. The summed E-state index contributed by atoms with van der Waals surface area (Å²) in [6, 6.07) is 13.7. The topological polar surface area (TPSA) is 101 Å². The maximum atomic E-state index is 12.8. The Balaban J connectivity index is 1.98. The van der Waals surface area contributed by atoms with Crippen LogP contribution in [0.4, 0.5) is 5.69 Å². The highest BCUT2D eigenvalue weighted by Crippen LogP contribution is 2.20. The highest BCUT2D eigenvalue weighted by Gasteiger charge is 2.24. The van der Waals surface area contributed by atoms with Crippen LogP contribution < -0.4 is 10.9 Å². The van der Waals surface area contributed by atoms with E-state index in [2.05, 4.69) is 26.2 Å². The van der Waals surface area contributed by atoms with Gasteiger partial charge in [0.15, 0.2) is 6.04 Å². The third-order valence-electron chi connectivity index (χ3n) is 3.84. The highest BCUT2D eigenvalue weighted by molar-refractivity contribution is 9.10. The fourth-order valence-electron chi connectivity index (χ4n) is 2.55. The molecular formula is C19H14BrN3O4. The van der Waals surface area contributed by atoms with E-state index in [0.717, 1.165) is 15.4 Å². The van der Waals surface area contributed by atoms with Gasteiger partial charge in [-0.2, -0.15) is 0 Å². The van der Waals surface area contributed by atoms with Crippen molar-refractivity contribution in [3.8, 4) is 0 Å². The minimum Gasteiger partial charge on any atom is -0.479 e. The van der Waals surface area contributed by atoms with Crippen LogP contribution in [0.3, 0.4) is 0 Å². The number of rotatable bonds is 5. The zero-order chi connectivity index (χ0) is 19.4. The Bertz CT molecular complexity index is 1030. The van der Waals surface area contributed by atoms with Gasteiger partial charge < -0.3 is 10.4 Å². The van der Waals surface area contributed by atoms with Crippen LogP contribution in [0.1, 0.15) is 22.0 Å². The first kappa shape index (κ1) is 18.5. The molecule has 27 heavy (non-hydrogen) atoms. The number of benzene rings is 2. The number of nitrogens with one attached hydrogen (secondary N) is 1. The van der Waals surface area contributed by atoms with Gasteiger partial charge in [-0.1, -0.05) is 46.3 Å². The van der Waals surface area contributed by atoms with E-state index >= 15 is 0 Å². The molecule has 3 rings (SSSR count). The number of aromatic nitrogens is 2. The maximum Gasteiger partial charge on any atom is 0.331 e. The van der Waals surface area contributed by atoms with Crippen LogP contribution >= 0.6 is 15.9 Å². The molecule has 1 heterocycles. The zero-order valence-corrected chi connectivity index (χ0v) is 15.5. The quantitative estimate of drug-likeness (QED) is 0.651. The molecule has 0 bridgehead atoms. The lowest BCUT2D eigenvalue weighted by Crippen LogP contribution is -2.33. The molecule has 0 saturated carbocycles. The molecule has 3 aromatic rings. The lowest BCUT2D eigenvalue weighted by molar-refractivity contribution is -0.139. The predicted octanol–water partition coefficient (Wildman–Crippen LogP) is 2.93. The summed E-state index contributed by atoms with van der Waals surface area (Å²) in [6.07, 6.45) is 2.33. The summed E-state index contributed by atoms with van der Waals surface area (Å²) in [5.74, 6) is -1.70. The van der Waals surface area contributed by atoms with Gasteiger partial charge in [0.25, 0.3) is 11.5 Å².